The van der Waals surface area contributed by atoms with Crippen LogP contribution < -0.4 is 9.64 Å². The van der Waals surface area contributed by atoms with Gasteiger partial charge in [0.15, 0.2) is 6.54 Å². The highest BCUT2D eigenvalue weighted by molar-refractivity contribution is 8.14. The Balaban J connectivity index is 1.81. The van der Waals surface area contributed by atoms with E-state index >= 15 is 0 Å². The maximum atomic E-state index is 11.8. The highest BCUT2D eigenvalue weighted by Gasteiger charge is 2.57. The minimum atomic E-state index is -1.08. The van der Waals surface area contributed by atoms with Crippen LogP contribution >= 0.6 is 11.8 Å². The van der Waals surface area contributed by atoms with Crippen molar-refractivity contribution in [3.63, 3.8) is 0 Å². The van der Waals surface area contributed by atoms with Crippen LogP contribution in [0.4, 0.5) is 5.69 Å². The van der Waals surface area contributed by atoms with Gasteiger partial charge in [0.1, 0.15) is 17.5 Å². The number of amidine groups is 1. The van der Waals surface area contributed by atoms with E-state index in [0.717, 1.165) is 34.3 Å². The Kier molecular flexibility index (Phi) is 4.21. The number of thioether (sulfide) groups is 1. The van der Waals surface area contributed by atoms with E-state index in [1.807, 2.05) is 54.2 Å². The Bertz CT molecular complexity index is 791. The molecule has 1 N–H and O–H groups in total. The van der Waals surface area contributed by atoms with Gasteiger partial charge in [-0.3, -0.25) is 0 Å². The molecule has 2 aliphatic rings. The van der Waals surface area contributed by atoms with Crippen molar-refractivity contribution in [1.82, 2.24) is 0 Å². The van der Waals surface area contributed by atoms with Crippen molar-refractivity contribution in [2.45, 2.75) is 25.1 Å². The standard InChI is InChI=1S/C20H23N2O2S/c1-3-16-13-25-19-21(16)14-20(23,15-9-11-18(24-2)12-10-15)22(19)17-7-5-4-6-8-17/h4-12,16,23H,3,13-14H2,1-2H3/q+1/t16-,20-/m1/s1. The van der Waals surface area contributed by atoms with Crippen LogP contribution in [0, 0.1) is 0 Å². The Hall–Kier alpha value is -1.98. The van der Waals surface area contributed by atoms with Crippen LogP contribution in [-0.4, -0.2) is 40.3 Å². The summed E-state index contributed by atoms with van der Waals surface area (Å²) in [6.45, 7) is 2.79. The van der Waals surface area contributed by atoms with E-state index < -0.39 is 5.72 Å². The molecule has 2 atom stereocenters. The maximum Gasteiger partial charge on any atom is 0.317 e. The largest absolute Gasteiger partial charge is 0.497 e. The molecule has 2 aromatic carbocycles. The van der Waals surface area contributed by atoms with Crippen LogP contribution in [-0.2, 0) is 5.72 Å². The molecule has 0 saturated carbocycles. The van der Waals surface area contributed by atoms with Crippen molar-refractivity contribution < 1.29 is 14.4 Å². The van der Waals surface area contributed by atoms with E-state index in [1.54, 1.807) is 7.11 Å². The maximum absolute atomic E-state index is 11.8. The van der Waals surface area contributed by atoms with Crippen LogP contribution in [0.1, 0.15) is 18.9 Å². The molecule has 2 heterocycles. The van der Waals surface area contributed by atoms with Crippen molar-refractivity contribution >= 4 is 22.6 Å². The normalized spacial score (nSPS) is 25.4. The first kappa shape index (κ1) is 16.5. The molecule has 0 saturated heterocycles. The van der Waals surface area contributed by atoms with Gasteiger partial charge in [0, 0.05) is 11.3 Å². The Labute approximate surface area is 152 Å². The summed E-state index contributed by atoms with van der Waals surface area (Å²) in [5.41, 5.74) is 0.821. The van der Waals surface area contributed by atoms with Gasteiger partial charge in [0.05, 0.1) is 7.11 Å². The lowest BCUT2D eigenvalue weighted by molar-refractivity contribution is -0.561. The molecule has 130 valence electrons. The topological polar surface area (TPSA) is 35.7 Å². The van der Waals surface area contributed by atoms with Crippen LogP contribution in [0.5, 0.6) is 5.75 Å². The molecule has 0 bridgehead atoms. The molecule has 2 aliphatic heterocycles. The second kappa shape index (κ2) is 6.39. The van der Waals surface area contributed by atoms with E-state index in [4.69, 9.17) is 4.74 Å². The summed E-state index contributed by atoms with van der Waals surface area (Å²) in [7, 11) is 1.66. The number of anilines is 1. The fourth-order valence-corrected chi connectivity index (χ4v) is 5.20. The number of nitrogens with zero attached hydrogens (tertiary/aromatic N) is 2. The van der Waals surface area contributed by atoms with E-state index in [9.17, 15) is 5.11 Å². The third-order valence-corrected chi connectivity index (χ3v) is 6.31. The molecule has 2 aromatic rings. The molecule has 0 unspecified atom stereocenters. The summed E-state index contributed by atoms with van der Waals surface area (Å²) in [6.07, 6.45) is 1.08. The Morgan fingerprint density at radius 1 is 1.20 bits per heavy atom. The van der Waals surface area contributed by atoms with Crippen LogP contribution in [0.3, 0.4) is 0 Å². The summed E-state index contributed by atoms with van der Waals surface area (Å²) in [4.78, 5) is 2.09. The first-order valence-corrected chi connectivity index (χ1v) is 9.64. The average molecular weight is 355 g/mol. The minimum Gasteiger partial charge on any atom is -0.497 e. The predicted molar refractivity (Wildman–Crippen MR) is 102 cm³/mol. The number of ether oxygens (including phenoxy) is 1. The summed E-state index contributed by atoms with van der Waals surface area (Å²) < 4.78 is 7.63. The molecular weight excluding hydrogens is 332 g/mol. The van der Waals surface area contributed by atoms with Crippen molar-refractivity contribution in [1.29, 1.82) is 0 Å². The molecule has 4 nitrogen and oxygen atoms in total. The van der Waals surface area contributed by atoms with E-state index in [2.05, 4.69) is 28.5 Å². The second-order valence-corrected chi connectivity index (χ2v) is 7.49. The average Bonchev–Trinajstić information content (AvgIpc) is 3.18. The highest BCUT2D eigenvalue weighted by Crippen LogP contribution is 2.42. The molecule has 0 aromatic heterocycles. The van der Waals surface area contributed by atoms with Crippen molar-refractivity contribution in [2.75, 3.05) is 24.3 Å². The monoisotopic (exact) mass is 355 g/mol. The third-order valence-electron chi connectivity index (χ3n) is 5.08. The van der Waals surface area contributed by atoms with Gasteiger partial charge in [-0.2, -0.15) is 4.90 Å². The lowest BCUT2D eigenvalue weighted by Crippen LogP contribution is -2.47. The van der Waals surface area contributed by atoms with Crippen LogP contribution in [0.15, 0.2) is 54.6 Å². The molecule has 5 heteroatoms. The zero-order valence-electron chi connectivity index (χ0n) is 14.6. The van der Waals surface area contributed by atoms with Crippen LogP contribution in [0.25, 0.3) is 0 Å². The second-order valence-electron chi connectivity index (χ2n) is 6.50. The van der Waals surface area contributed by atoms with E-state index in [-0.39, 0.29) is 0 Å². The highest BCUT2D eigenvalue weighted by atomic mass is 32.2. The predicted octanol–water partition coefficient (Wildman–Crippen LogP) is 3.25. The fraction of sp³-hybridized carbons (Fsp3) is 0.350. The molecule has 0 radical (unpaired) electrons. The molecule has 0 aliphatic carbocycles. The Morgan fingerprint density at radius 2 is 1.92 bits per heavy atom. The fourth-order valence-electron chi connectivity index (χ4n) is 3.67. The molecule has 0 fully saturated rings. The minimum absolute atomic E-state index is 0.471. The molecule has 0 amide bonds. The third kappa shape index (κ3) is 2.62. The zero-order valence-corrected chi connectivity index (χ0v) is 15.4. The van der Waals surface area contributed by atoms with Crippen molar-refractivity contribution in [3.05, 3.63) is 60.2 Å². The lowest BCUT2D eigenvalue weighted by atomic mass is 10.0. The summed E-state index contributed by atoms with van der Waals surface area (Å²) in [5.74, 6) is 1.87. The van der Waals surface area contributed by atoms with Gasteiger partial charge < -0.3 is 9.84 Å². The number of aliphatic hydroxyl groups is 1. The van der Waals surface area contributed by atoms with Gasteiger partial charge in [0.25, 0.3) is 5.72 Å². The zero-order chi connectivity index (χ0) is 17.4. The van der Waals surface area contributed by atoms with Crippen LogP contribution in [0.2, 0.25) is 0 Å². The molecule has 4 rings (SSSR count). The first-order chi connectivity index (χ1) is 12.2. The Morgan fingerprint density at radius 3 is 2.56 bits per heavy atom. The number of rotatable bonds is 4. The quantitative estimate of drug-likeness (QED) is 0.854. The van der Waals surface area contributed by atoms with Crippen molar-refractivity contribution in [3.8, 4) is 5.75 Å². The van der Waals surface area contributed by atoms with E-state index in [0.29, 0.717) is 12.6 Å². The molecular formula is C20H23N2O2S+. The number of benzene rings is 2. The number of methoxy groups -OCH3 is 1. The van der Waals surface area contributed by atoms with Crippen molar-refractivity contribution in [2.24, 2.45) is 0 Å². The summed E-state index contributed by atoms with van der Waals surface area (Å²) >= 11 is 1.84. The van der Waals surface area contributed by atoms with Gasteiger partial charge in [0.2, 0.25) is 0 Å². The first-order valence-electron chi connectivity index (χ1n) is 8.66. The van der Waals surface area contributed by atoms with Gasteiger partial charge in [-0.25, -0.2) is 4.58 Å². The lowest BCUT2D eigenvalue weighted by Gasteiger charge is -2.29. The van der Waals surface area contributed by atoms with E-state index in [1.165, 1.54) is 0 Å². The number of para-hydroxylation sites is 1. The summed E-state index contributed by atoms with van der Waals surface area (Å²) in [5, 5.41) is 12.9. The van der Waals surface area contributed by atoms with Gasteiger partial charge in [-0.15, -0.1) is 0 Å². The van der Waals surface area contributed by atoms with Gasteiger partial charge in [-0.05, 0) is 54.6 Å². The van der Waals surface area contributed by atoms with Gasteiger partial charge >= 0.3 is 5.17 Å². The number of hydrogen-bond donors (Lipinski definition) is 1. The smallest absolute Gasteiger partial charge is 0.317 e. The summed E-state index contributed by atoms with van der Waals surface area (Å²) in [6, 6.07) is 18.4. The molecule has 0 spiro atoms. The molecule has 25 heavy (non-hydrogen) atoms. The SMILES string of the molecule is CC[C@@H]1CSC2=[N+]1C[C@@](O)(c1ccc(OC)cc1)N2c1ccccc1. The number of hydrogen-bond acceptors (Lipinski definition) is 4. The van der Waals surface area contributed by atoms with Gasteiger partial charge in [-0.1, -0.05) is 25.1 Å².